The van der Waals surface area contributed by atoms with Crippen molar-refractivity contribution in [1.29, 1.82) is 0 Å². The van der Waals surface area contributed by atoms with Crippen molar-refractivity contribution in [3.05, 3.63) is 65.2 Å². The van der Waals surface area contributed by atoms with Gasteiger partial charge in [-0.1, -0.05) is 43.3 Å². The third-order valence-electron chi connectivity index (χ3n) is 2.96. The molecule has 0 amide bonds. The largest absolute Gasteiger partial charge is 0.489 e. The summed E-state index contributed by atoms with van der Waals surface area (Å²) >= 11 is 1.80. The van der Waals surface area contributed by atoms with Crippen LogP contribution in [-0.4, -0.2) is 3.79 Å². The highest BCUT2D eigenvalue weighted by molar-refractivity contribution is 14.1. The van der Waals surface area contributed by atoms with Crippen molar-refractivity contribution < 1.29 is 9.53 Å². The van der Waals surface area contributed by atoms with E-state index in [1.165, 1.54) is 5.56 Å². The minimum absolute atomic E-state index is 0.0399. The van der Waals surface area contributed by atoms with Gasteiger partial charge in [0.05, 0.1) is 0 Å². The predicted octanol–water partition coefficient (Wildman–Crippen LogP) is 4.40. The first kappa shape index (κ1) is 14.1. The summed E-state index contributed by atoms with van der Waals surface area (Å²) in [7, 11) is 0. The van der Waals surface area contributed by atoms with E-state index < -0.39 is 0 Å². The van der Waals surface area contributed by atoms with E-state index in [4.69, 9.17) is 4.74 Å². The van der Waals surface area contributed by atoms with E-state index in [9.17, 15) is 4.79 Å². The van der Waals surface area contributed by atoms with E-state index in [1.807, 2.05) is 36.4 Å². The Morgan fingerprint density at radius 3 is 2.42 bits per heavy atom. The van der Waals surface area contributed by atoms with Gasteiger partial charge in [-0.05, 0) is 24.1 Å². The molecule has 0 aliphatic heterocycles. The van der Waals surface area contributed by atoms with Crippen LogP contribution >= 0.6 is 22.6 Å². The van der Waals surface area contributed by atoms with Crippen LogP contribution in [0.15, 0.2) is 48.5 Å². The fraction of sp³-hybridized carbons (Fsp3) is 0.188. The molecule has 0 aromatic heterocycles. The average Bonchev–Trinajstić information content (AvgIpc) is 2.46. The minimum atomic E-state index is 0.0399. The summed E-state index contributed by atoms with van der Waals surface area (Å²) in [5, 5.41) is 0. The molecule has 98 valence electrons. The summed E-state index contributed by atoms with van der Waals surface area (Å²) in [6.07, 6.45) is 1.02. The summed E-state index contributed by atoms with van der Waals surface area (Å²) in [6, 6.07) is 15.6. The fourth-order valence-electron chi connectivity index (χ4n) is 1.82. The normalized spacial score (nSPS) is 10.2. The first-order valence-electron chi connectivity index (χ1n) is 6.20. The number of ether oxygens (including phenoxy) is 1. The van der Waals surface area contributed by atoms with Crippen LogP contribution in [0.25, 0.3) is 0 Å². The Kier molecular flexibility index (Phi) is 4.96. The number of hydrogen-bond acceptors (Lipinski definition) is 2. The minimum Gasteiger partial charge on any atom is -0.489 e. The maximum atomic E-state index is 11.5. The maximum absolute atomic E-state index is 11.5. The molecule has 0 bridgehead atoms. The summed E-state index contributed by atoms with van der Waals surface area (Å²) in [4.78, 5) is 11.5. The smallest absolute Gasteiger partial charge is 0.222 e. The lowest BCUT2D eigenvalue weighted by molar-refractivity contribution is 0.110. The van der Waals surface area contributed by atoms with Gasteiger partial charge < -0.3 is 4.74 Å². The number of halogens is 1. The second-order valence-corrected chi connectivity index (χ2v) is 5.20. The molecule has 3 heteroatoms. The van der Waals surface area contributed by atoms with Gasteiger partial charge in [-0.2, -0.15) is 0 Å². The highest BCUT2D eigenvalue weighted by Gasteiger charge is 2.07. The second kappa shape index (κ2) is 6.70. The van der Waals surface area contributed by atoms with E-state index in [0.717, 1.165) is 17.7 Å². The van der Waals surface area contributed by atoms with Crippen LogP contribution in [0.5, 0.6) is 5.75 Å². The second-order valence-electron chi connectivity index (χ2n) is 4.22. The molecule has 2 aromatic rings. The summed E-state index contributed by atoms with van der Waals surface area (Å²) in [5.41, 5.74) is 2.92. The third-order valence-corrected chi connectivity index (χ3v) is 3.54. The number of rotatable bonds is 5. The van der Waals surface area contributed by atoms with Gasteiger partial charge >= 0.3 is 0 Å². The van der Waals surface area contributed by atoms with Crippen molar-refractivity contribution in [1.82, 2.24) is 0 Å². The van der Waals surface area contributed by atoms with Gasteiger partial charge in [0.2, 0.25) is 3.79 Å². The molecule has 0 N–H and O–H groups in total. The zero-order chi connectivity index (χ0) is 13.7. The molecule has 0 spiro atoms. The van der Waals surface area contributed by atoms with Gasteiger partial charge in [0.25, 0.3) is 0 Å². The Balaban J connectivity index is 2.07. The van der Waals surface area contributed by atoms with E-state index >= 15 is 0 Å². The van der Waals surface area contributed by atoms with E-state index in [2.05, 4.69) is 19.1 Å². The molecule has 0 saturated heterocycles. The molecule has 0 fully saturated rings. The van der Waals surface area contributed by atoms with Gasteiger partial charge in [0.1, 0.15) is 12.4 Å². The molecule has 0 atom stereocenters. The van der Waals surface area contributed by atoms with Crippen LogP contribution in [0.1, 0.15) is 28.4 Å². The first-order chi connectivity index (χ1) is 9.20. The lowest BCUT2D eigenvalue weighted by Crippen LogP contribution is -2.02. The van der Waals surface area contributed by atoms with E-state index in [0.29, 0.717) is 12.2 Å². The van der Waals surface area contributed by atoms with E-state index in [-0.39, 0.29) is 3.79 Å². The van der Waals surface area contributed by atoms with Crippen LogP contribution < -0.4 is 4.74 Å². The summed E-state index contributed by atoms with van der Waals surface area (Å²) in [6.45, 7) is 2.54. The number of carbonyl (C=O) groups is 1. The first-order valence-corrected chi connectivity index (χ1v) is 7.28. The Morgan fingerprint density at radius 1 is 1.11 bits per heavy atom. The molecule has 19 heavy (non-hydrogen) atoms. The molecule has 0 aliphatic carbocycles. The molecule has 2 aromatic carbocycles. The highest BCUT2D eigenvalue weighted by Crippen LogP contribution is 2.18. The molecule has 0 saturated carbocycles. The highest BCUT2D eigenvalue weighted by atomic mass is 127. The quantitative estimate of drug-likeness (QED) is 0.579. The van der Waals surface area contributed by atoms with Crippen LogP contribution in [0.3, 0.4) is 0 Å². The molecular weight excluding hydrogens is 351 g/mol. The van der Waals surface area contributed by atoms with Crippen molar-refractivity contribution >= 4 is 26.4 Å². The molecule has 0 aliphatic rings. The molecular formula is C16H15IO2. The maximum Gasteiger partial charge on any atom is 0.222 e. The topological polar surface area (TPSA) is 26.3 Å². The van der Waals surface area contributed by atoms with Gasteiger partial charge in [0, 0.05) is 33.7 Å². The zero-order valence-corrected chi connectivity index (χ0v) is 12.9. The number of carbonyl (C=O) groups excluding carboxylic acids is 1. The fourth-order valence-corrected chi connectivity index (χ4v) is 2.35. The van der Waals surface area contributed by atoms with Gasteiger partial charge in [-0.25, -0.2) is 0 Å². The molecule has 2 rings (SSSR count). The Hall–Kier alpha value is -1.36. The van der Waals surface area contributed by atoms with Gasteiger partial charge in [-0.15, -0.1) is 0 Å². The monoisotopic (exact) mass is 366 g/mol. The van der Waals surface area contributed by atoms with Crippen LogP contribution in [0.2, 0.25) is 0 Å². The Bertz CT molecular complexity index is 561. The lowest BCUT2D eigenvalue weighted by atomic mass is 10.1. The number of benzene rings is 2. The van der Waals surface area contributed by atoms with Crippen molar-refractivity contribution in [3.63, 3.8) is 0 Å². The molecule has 0 heterocycles. The summed E-state index contributed by atoms with van der Waals surface area (Å²) in [5.74, 6) is 0.827. The summed E-state index contributed by atoms with van der Waals surface area (Å²) < 4.78 is 5.77. The molecule has 0 unspecified atom stereocenters. The predicted molar refractivity (Wildman–Crippen MR) is 84.9 cm³/mol. The lowest BCUT2D eigenvalue weighted by Gasteiger charge is -2.09. The Labute approximate surface area is 126 Å². The third kappa shape index (κ3) is 3.80. The van der Waals surface area contributed by atoms with Crippen LogP contribution in [0, 0.1) is 0 Å². The van der Waals surface area contributed by atoms with Crippen molar-refractivity contribution in [3.8, 4) is 5.75 Å². The average molecular weight is 366 g/mol. The Morgan fingerprint density at radius 2 is 1.79 bits per heavy atom. The van der Waals surface area contributed by atoms with Crippen LogP contribution in [-0.2, 0) is 13.0 Å². The molecule has 2 nitrogen and oxygen atoms in total. The van der Waals surface area contributed by atoms with Gasteiger partial charge in [0.15, 0.2) is 0 Å². The SMILES string of the molecule is CCc1ccc(OCc2ccccc2C(=O)I)cc1. The van der Waals surface area contributed by atoms with E-state index in [1.54, 1.807) is 22.6 Å². The number of hydrogen-bond donors (Lipinski definition) is 0. The van der Waals surface area contributed by atoms with Crippen molar-refractivity contribution in [2.75, 3.05) is 0 Å². The van der Waals surface area contributed by atoms with Crippen molar-refractivity contribution in [2.24, 2.45) is 0 Å². The van der Waals surface area contributed by atoms with Gasteiger partial charge in [-0.3, -0.25) is 4.79 Å². The van der Waals surface area contributed by atoms with Crippen molar-refractivity contribution in [2.45, 2.75) is 20.0 Å². The van der Waals surface area contributed by atoms with Crippen LogP contribution in [0.4, 0.5) is 0 Å². The zero-order valence-electron chi connectivity index (χ0n) is 10.7. The molecule has 0 radical (unpaired) electrons. The number of aryl methyl sites for hydroxylation is 1. The standard InChI is InChI=1S/C16H15IO2/c1-2-12-7-9-14(10-8-12)19-11-13-5-3-4-6-15(13)16(17)18/h3-10H,2,11H2,1H3.